The number of anilines is 3. The van der Waals surface area contributed by atoms with Crippen LogP contribution in [0.4, 0.5) is 17.6 Å². The van der Waals surface area contributed by atoms with E-state index in [0.717, 1.165) is 16.7 Å². The van der Waals surface area contributed by atoms with Gasteiger partial charge in [-0.2, -0.15) is 4.98 Å². The van der Waals surface area contributed by atoms with Crippen LogP contribution >= 0.6 is 0 Å². The van der Waals surface area contributed by atoms with E-state index in [2.05, 4.69) is 40.9 Å². The third-order valence-electron chi connectivity index (χ3n) is 7.56. The van der Waals surface area contributed by atoms with Crippen molar-refractivity contribution in [2.45, 2.75) is 51.0 Å². The molecule has 38 heavy (non-hydrogen) atoms. The van der Waals surface area contributed by atoms with Crippen LogP contribution < -0.4 is 16.2 Å². The number of rotatable bonds is 4. The van der Waals surface area contributed by atoms with Gasteiger partial charge >= 0.3 is 0 Å². The quantitative estimate of drug-likeness (QED) is 0.322. The maximum atomic E-state index is 13.2. The molecule has 2 aromatic carbocycles. The van der Waals surface area contributed by atoms with Crippen molar-refractivity contribution in [3.05, 3.63) is 63.9 Å². The number of nitrogens with one attached hydrogen (secondary N) is 1. The van der Waals surface area contributed by atoms with Crippen LogP contribution in [0.1, 0.15) is 44.5 Å². The number of hydrogen-bond acceptors (Lipinski definition) is 8. The molecule has 3 heterocycles. The molecule has 2 aromatic heterocycles. The van der Waals surface area contributed by atoms with E-state index in [0.29, 0.717) is 5.69 Å². The number of hydrogen-bond donors (Lipinski definition) is 4. The zero-order valence-electron chi connectivity index (χ0n) is 21.2. The van der Waals surface area contributed by atoms with E-state index >= 15 is 0 Å². The van der Waals surface area contributed by atoms with Gasteiger partial charge in [-0.1, -0.05) is 44.2 Å². The monoisotopic (exact) mass is 516 g/mol. The molecule has 1 aliphatic carbocycles. The Labute approximate surface area is 217 Å². The summed E-state index contributed by atoms with van der Waals surface area (Å²) in [6.07, 6.45) is -2.56. The van der Waals surface area contributed by atoms with E-state index in [1.54, 1.807) is 0 Å². The number of nitrogens with zero attached hydrogens (tertiary/aromatic N) is 4. The van der Waals surface area contributed by atoms with Gasteiger partial charge < -0.3 is 20.7 Å². The number of aromatic amines is 1. The van der Waals surface area contributed by atoms with Crippen molar-refractivity contribution in [3.8, 4) is 11.1 Å². The van der Waals surface area contributed by atoms with Crippen molar-refractivity contribution in [2.24, 2.45) is 0 Å². The highest BCUT2D eigenvalue weighted by molar-refractivity contribution is 5.99. The number of ether oxygens (including phenoxy) is 1. The number of amides is 1. The van der Waals surface area contributed by atoms with Crippen molar-refractivity contribution in [3.63, 3.8) is 0 Å². The number of fused-ring (bicyclic) bond motifs is 4. The van der Waals surface area contributed by atoms with Crippen LogP contribution in [0.25, 0.3) is 22.3 Å². The Hall–Kier alpha value is -4.06. The number of carbonyl (C=O) groups is 1. The lowest BCUT2D eigenvalue weighted by Crippen LogP contribution is -2.28. The third-order valence-corrected chi connectivity index (χ3v) is 7.56. The lowest BCUT2D eigenvalue weighted by Gasteiger charge is -2.26. The van der Waals surface area contributed by atoms with Crippen molar-refractivity contribution in [1.82, 2.24) is 19.5 Å². The molecule has 5 N–H and O–H groups in total. The summed E-state index contributed by atoms with van der Waals surface area (Å²) in [5.74, 6) is -0.379. The van der Waals surface area contributed by atoms with Gasteiger partial charge in [-0.15, -0.1) is 0 Å². The first kappa shape index (κ1) is 24.3. The molecule has 0 saturated carbocycles. The minimum Gasteiger partial charge on any atom is -0.394 e. The highest BCUT2D eigenvalue weighted by Gasteiger charge is 2.40. The van der Waals surface area contributed by atoms with Crippen molar-refractivity contribution < 1.29 is 19.7 Å². The second-order valence-electron chi connectivity index (χ2n) is 10.3. The predicted molar refractivity (Wildman–Crippen MR) is 141 cm³/mol. The summed E-state index contributed by atoms with van der Waals surface area (Å²) in [6, 6.07) is 14.0. The summed E-state index contributed by atoms with van der Waals surface area (Å²) < 4.78 is 7.40. The zero-order chi connectivity index (χ0) is 26.9. The number of nitrogen functional groups attached to an aromatic ring is 1. The Morgan fingerprint density at radius 1 is 1.21 bits per heavy atom. The second kappa shape index (κ2) is 8.48. The van der Waals surface area contributed by atoms with E-state index in [4.69, 9.17) is 10.5 Å². The molecule has 1 fully saturated rings. The topological polar surface area (TPSA) is 160 Å². The van der Waals surface area contributed by atoms with E-state index in [-0.39, 0.29) is 40.8 Å². The van der Waals surface area contributed by atoms with Crippen LogP contribution in [0, 0.1) is 0 Å². The maximum absolute atomic E-state index is 13.2. The molecule has 196 valence electrons. The number of benzene rings is 2. The smallest absolute Gasteiger partial charge is 0.280 e. The SMILES string of the molecule is CC(=O)N(c1ccc2c(c1)C(C)(C)c1ccccc1-2)c1nc2c(=O)[nH]c(N)nc2n1C1CC(O)C(CO)O1. The minimum absolute atomic E-state index is 0.0279. The molecule has 3 atom stereocenters. The fourth-order valence-electron chi connectivity index (χ4n) is 5.72. The van der Waals surface area contributed by atoms with E-state index in [9.17, 15) is 19.8 Å². The van der Waals surface area contributed by atoms with Gasteiger partial charge in [0.2, 0.25) is 17.8 Å². The third kappa shape index (κ3) is 3.46. The van der Waals surface area contributed by atoms with Crippen molar-refractivity contribution >= 4 is 34.7 Å². The minimum atomic E-state index is -0.959. The van der Waals surface area contributed by atoms with Gasteiger partial charge in [-0.3, -0.25) is 24.0 Å². The normalized spacial score (nSPS) is 21.4. The molecular formula is C27H28N6O5. The Morgan fingerprint density at radius 2 is 1.95 bits per heavy atom. The molecule has 0 spiro atoms. The molecule has 4 aromatic rings. The van der Waals surface area contributed by atoms with Gasteiger partial charge in [0.05, 0.1) is 18.4 Å². The van der Waals surface area contributed by atoms with Crippen LogP contribution in [-0.4, -0.2) is 54.5 Å². The molecule has 6 rings (SSSR count). The number of imidazole rings is 1. The van der Waals surface area contributed by atoms with Crippen LogP contribution in [0.15, 0.2) is 47.3 Å². The molecule has 11 nitrogen and oxygen atoms in total. The molecule has 1 saturated heterocycles. The average Bonchev–Trinajstić information content (AvgIpc) is 3.50. The highest BCUT2D eigenvalue weighted by Crippen LogP contribution is 2.50. The lowest BCUT2D eigenvalue weighted by atomic mass is 9.82. The molecule has 0 radical (unpaired) electrons. The summed E-state index contributed by atoms with van der Waals surface area (Å²) in [5.41, 5.74) is 10.1. The number of aliphatic hydroxyl groups excluding tert-OH is 2. The molecule has 11 heteroatoms. The Bertz CT molecular complexity index is 1660. The number of nitrogens with two attached hydrogens (primary N) is 1. The highest BCUT2D eigenvalue weighted by atomic mass is 16.5. The zero-order valence-corrected chi connectivity index (χ0v) is 21.2. The molecule has 1 aliphatic heterocycles. The Morgan fingerprint density at radius 3 is 2.66 bits per heavy atom. The Balaban J connectivity index is 1.56. The fraction of sp³-hybridized carbons (Fsp3) is 0.333. The Kier molecular flexibility index (Phi) is 5.42. The van der Waals surface area contributed by atoms with Gasteiger partial charge in [-0.05, 0) is 34.4 Å². The maximum Gasteiger partial charge on any atom is 0.280 e. The first-order chi connectivity index (χ1) is 18.1. The van der Waals surface area contributed by atoms with E-state index in [1.165, 1.54) is 22.0 Å². The summed E-state index contributed by atoms with van der Waals surface area (Å²) >= 11 is 0. The van der Waals surface area contributed by atoms with Crippen LogP contribution in [-0.2, 0) is 14.9 Å². The van der Waals surface area contributed by atoms with Crippen molar-refractivity contribution in [1.29, 1.82) is 0 Å². The summed E-state index contributed by atoms with van der Waals surface area (Å²) in [7, 11) is 0. The second-order valence-corrected chi connectivity index (χ2v) is 10.3. The van der Waals surface area contributed by atoms with Gasteiger partial charge in [0.1, 0.15) is 12.3 Å². The first-order valence-electron chi connectivity index (χ1n) is 12.4. The van der Waals surface area contributed by atoms with Gasteiger partial charge in [-0.25, -0.2) is 4.98 Å². The molecular weight excluding hydrogens is 488 g/mol. The van der Waals surface area contributed by atoms with Crippen LogP contribution in [0.5, 0.6) is 0 Å². The van der Waals surface area contributed by atoms with Gasteiger partial charge in [0.15, 0.2) is 11.2 Å². The lowest BCUT2D eigenvalue weighted by molar-refractivity contribution is -0.116. The molecule has 3 unspecified atom stereocenters. The van der Waals surface area contributed by atoms with E-state index in [1.807, 2.05) is 30.3 Å². The van der Waals surface area contributed by atoms with Crippen LogP contribution in [0.2, 0.25) is 0 Å². The number of aliphatic hydroxyl groups is 2. The van der Waals surface area contributed by atoms with Gasteiger partial charge in [0.25, 0.3) is 5.56 Å². The number of H-pyrrole nitrogens is 1. The fourth-order valence-corrected chi connectivity index (χ4v) is 5.72. The summed E-state index contributed by atoms with van der Waals surface area (Å²) in [6.45, 7) is 5.30. The standard InChI is InChI=1S/C27H28N6O5/c1-13(35)32(14-8-9-16-15-6-4-5-7-17(15)27(2,3)18(16)10-14)26-29-22-23(30-25(28)31-24(22)37)33(26)21-11-19(36)20(12-34)38-21/h4-10,19-21,34,36H,11-12H2,1-3H3,(H3,28,30,31,37). The van der Waals surface area contributed by atoms with Gasteiger partial charge in [0, 0.05) is 18.8 Å². The largest absolute Gasteiger partial charge is 0.394 e. The first-order valence-corrected chi connectivity index (χ1v) is 12.4. The number of aromatic nitrogens is 4. The molecule has 2 aliphatic rings. The number of carbonyl (C=O) groups excluding carboxylic acids is 1. The summed E-state index contributed by atoms with van der Waals surface area (Å²) in [5, 5.41) is 20.1. The predicted octanol–water partition coefficient (Wildman–Crippen LogP) is 2.33. The summed E-state index contributed by atoms with van der Waals surface area (Å²) in [4.78, 5) is 38.6. The van der Waals surface area contributed by atoms with E-state index < -0.39 is 30.6 Å². The molecule has 0 bridgehead atoms. The average molecular weight is 517 g/mol. The van der Waals surface area contributed by atoms with Crippen LogP contribution in [0.3, 0.4) is 0 Å². The molecule has 1 amide bonds. The van der Waals surface area contributed by atoms with Crippen molar-refractivity contribution in [2.75, 3.05) is 17.2 Å².